The normalized spacial score (nSPS) is 14.0. The molecule has 0 amide bonds. The molecule has 3 aromatic heterocycles. The van der Waals surface area contributed by atoms with Crippen LogP contribution in [0.3, 0.4) is 0 Å². The third-order valence-electron chi connectivity index (χ3n) is 5.74. The summed E-state index contributed by atoms with van der Waals surface area (Å²) in [6.45, 7) is 4.10. The van der Waals surface area contributed by atoms with Crippen LogP contribution >= 0.6 is 22.9 Å². The fraction of sp³-hybridized carbons (Fsp3) is 0.261. The number of aryl methyl sites for hydroxylation is 3. The van der Waals surface area contributed by atoms with E-state index in [4.69, 9.17) is 11.6 Å². The molecule has 0 atom stereocenters. The van der Waals surface area contributed by atoms with E-state index in [-0.39, 0.29) is 5.56 Å². The van der Waals surface area contributed by atoms with Crippen molar-refractivity contribution >= 4 is 39.4 Å². The van der Waals surface area contributed by atoms with Crippen LogP contribution in [0.4, 0.5) is 0 Å². The van der Waals surface area contributed by atoms with Crippen LogP contribution in [0.5, 0.6) is 0 Å². The van der Waals surface area contributed by atoms with Gasteiger partial charge in [-0.3, -0.25) is 4.79 Å². The van der Waals surface area contributed by atoms with Crippen molar-refractivity contribution in [2.24, 2.45) is 5.10 Å². The lowest BCUT2D eigenvalue weighted by molar-refractivity contribution is 0.699. The molecule has 0 N–H and O–H groups in total. The molecule has 3 heterocycles. The van der Waals surface area contributed by atoms with E-state index in [1.54, 1.807) is 17.6 Å². The zero-order valence-electron chi connectivity index (χ0n) is 16.9. The van der Waals surface area contributed by atoms with E-state index >= 15 is 0 Å². The molecule has 0 unspecified atom stereocenters. The van der Waals surface area contributed by atoms with Crippen LogP contribution in [0.1, 0.15) is 40.2 Å². The maximum absolute atomic E-state index is 13.1. The molecule has 0 bridgehead atoms. The predicted octanol–water partition coefficient (Wildman–Crippen LogP) is 5.28. The third-order valence-corrected chi connectivity index (χ3v) is 7.19. The SMILES string of the molecule is Cc1cc(/C=N/n2cnc3sc4c(c3c2=O)CCCC4)c(C)n1-c1ccc(Cl)cc1. The number of aromatic nitrogens is 3. The molecule has 1 aliphatic rings. The molecule has 30 heavy (non-hydrogen) atoms. The van der Waals surface area contributed by atoms with Gasteiger partial charge in [-0.1, -0.05) is 11.6 Å². The lowest BCUT2D eigenvalue weighted by atomic mass is 9.97. The van der Waals surface area contributed by atoms with Crippen molar-refractivity contribution in [3.8, 4) is 5.69 Å². The molecule has 0 saturated carbocycles. The number of fused-ring (bicyclic) bond motifs is 3. The van der Waals surface area contributed by atoms with Gasteiger partial charge in [-0.15, -0.1) is 11.3 Å². The van der Waals surface area contributed by atoms with Gasteiger partial charge in [-0.25, -0.2) is 4.98 Å². The zero-order valence-corrected chi connectivity index (χ0v) is 18.4. The predicted molar refractivity (Wildman–Crippen MR) is 124 cm³/mol. The molecule has 5 nitrogen and oxygen atoms in total. The maximum Gasteiger partial charge on any atom is 0.282 e. The van der Waals surface area contributed by atoms with Crippen molar-refractivity contribution < 1.29 is 0 Å². The average molecular weight is 437 g/mol. The van der Waals surface area contributed by atoms with E-state index in [1.165, 1.54) is 27.9 Å². The molecule has 0 radical (unpaired) electrons. The highest BCUT2D eigenvalue weighted by Gasteiger charge is 2.20. The molecule has 0 aliphatic heterocycles. The first-order valence-corrected chi connectivity index (χ1v) is 11.2. The van der Waals surface area contributed by atoms with Crippen LogP contribution in [-0.2, 0) is 12.8 Å². The second kappa shape index (κ2) is 7.52. The summed E-state index contributed by atoms with van der Waals surface area (Å²) < 4.78 is 3.51. The number of halogens is 1. The Hall–Kier alpha value is -2.70. The highest BCUT2D eigenvalue weighted by atomic mass is 35.5. The Morgan fingerprint density at radius 1 is 1.17 bits per heavy atom. The summed E-state index contributed by atoms with van der Waals surface area (Å²) in [6, 6.07) is 9.81. The van der Waals surface area contributed by atoms with Crippen molar-refractivity contribution in [1.29, 1.82) is 0 Å². The lowest BCUT2D eigenvalue weighted by Gasteiger charge is -2.10. The van der Waals surface area contributed by atoms with Gasteiger partial charge in [-0.2, -0.15) is 9.78 Å². The Kier molecular flexibility index (Phi) is 4.83. The van der Waals surface area contributed by atoms with E-state index in [9.17, 15) is 4.79 Å². The Labute approximate surface area is 183 Å². The molecule has 4 aromatic rings. The van der Waals surface area contributed by atoms with Gasteiger partial charge in [0, 0.05) is 32.5 Å². The first-order valence-electron chi connectivity index (χ1n) is 10.0. The van der Waals surface area contributed by atoms with Crippen molar-refractivity contribution in [2.75, 3.05) is 0 Å². The molecule has 7 heteroatoms. The molecule has 1 aliphatic carbocycles. The first kappa shape index (κ1) is 19.3. The zero-order chi connectivity index (χ0) is 20.8. The average Bonchev–Trinajstić information content (AvgIpc) is 3.25. The molecular formula is C23H21ClN4OS. The summed E-state index contributed by atoms with van der Waals surface area (Å²) in [5.74, 6) is 0. The molecule has 5 rings (SSSR count). The van der Waals surface area contributed by atoms with Crippen LogP contribution < -0.4 is 5.56 Å². The van der Waals surface area contributed by atoms with Gasteiger partial charge in [0.25, 0.3) is 5.56 Å². The van der Waals surface area contributed by atoms with Crippen molar-refractivity contribution in [1.82, 2.24) is 14.2 Å². The van der Waals surface area contributed by atoms with Crippen molar-refractivity contribution in [3.05, 3.63) is 79.4 Å². The minimum atomic E-state index is -0.0813. The Morgan fingerprint density at radius 3 is 2.73 bits per heavy atom. The van der Waals surface area contributed by atoms with Gasteiger partial charge in [0.15, 0.2) is 0 Å². The van der Waals surface area contributed by atoms with E-state index in [0.717, 1.165) is 52.1 Å². The fourth-order valence-electron chi connectivity index (χ4n) is 4.25. The second-order valence-electron chi connectivity index (χ2n) is 7.67. The van der Waals surface area contributed by atoms with E-state index in [0.29, 0.717) is 5.02 Å². The van der Waals surface area contributed by atoms with E-state index in [1.807, 2.05) is 31.2 Å². The maximum atomic E-state index is 13.1. The minimum Gasteiger partial charge on any atom is -0.318 e. The fourth-order valence-corrected chi connectivity index (χ4v) is 5.60. The number of benzene rings is 1. The number of hydrogen-bond donors (Lipinski definition) is 0. The quantitative estimate of drug-likeness (QED) is 0.410. The van der Waals surface area contributed by atoms with Gasteiger partial charge in [0.1, 0.15) is 11.2 Å². The van der Waals surface area contributed by atoms with Crippen LogP contribution in [-0.4, -0.2) is 20.4 Å². The number of nitrogens with zero attached hydrogens (tertiary/aromatic N) is 4. The summed E-state index contributed by atoms with van der Waals surface area (Å²) in [6.07, 6.45) is 7.60. The summed E-state index contributed by atoms with van der Waals surface area (Å²) in [5, 5.41) is 5.92. The van der Waals surface area contributed by atoms with Gasteiger partial charge in [0.2, 0.25) is 0 Å². The van der Waals surface area contributed by atoms with Crippen molar-refractivity contribution in [3.63, 3.8) is 0 Å². The molecule has 152 valence electrons. The molecule has 0 saturated heterocycles. The highest BCUT2D eigenvalue weighted by molar-refractivity contribution is 7.18. The second-order valence-corrected chi connectivity index (χ2v) is 9.19. The third kappa shape index (κ3) is 3.20. The summed E-state index contributed by atoms with van der Waals surface area (Å²) in [4.78, 5) is 19.7. The number of rotatable bonds is 3. The standard InChI is InChI=1S/C23H21ClN4OS/c1-14-11-16(15(2)28(14)18-9-7-17(24)8-10-18)12-26-27-13-25-22-21(23(27)29)19-5-3-4-6-20(19)30-22/h7-13H,3-6H2,1-2H3/b26-12+. The highest BCUT2D eigenvalue weighted by Crippen LogP contribution is 2.33. The summed E-state index contributed by atoms with van der Waals surface area (Å²) in [7, 11) is 0. The van der Waals surface area contributed by atoms with E-state index < -0.39 is 0 Å². The smallest absolute Gasteiger partial charge is 0.282 e. The van der Waals surface area contributed by atoms with Gasteiger partial charge < -0.3 is 4.57 Å². The Bertz CT molecular complexity index is 1340. The minimum absolute atomic E-state index is 0.0813. The van der Waals surface area contributed by atoms with Crippen LogP contribution in [0, 0.1) is 13.8 Å². The van der Waals surface area contributed by atoms with Gasteiger partial charge in [0.05, 0.1) is 11.6 Å². The molecule has 0 spiro atoms. The molecule has 1 aromatic carbocycles. The lowest BCUT2D eigenvalue weighted by Crippen LogP contribution is -2.18. The van der Waals surface area contributed by atoms with Gasteiger partial charge >= 0.3 is 0 Å². The van der Waals surface area contributed by atoms with Gasteiger partial charge in [-0.05, 0) is 75.4 Å². The molecule has 0 fully saturated rings. The Balaban J connectivity index is 1.54. The first-order chi connectivity index (χ1) is 14.5. The summed E-state index contributed by atoms with van der Waals surface area (Å²) in [5.41, 5.74) is 5.24. The largest absolute Gasteiger partial charge is 0.318 e. The number of thiophene rings is 1. The van der Waals surface area contributed by atoms with E-state index in [2.05, 4.69) is 27.6 Å². The van der Waals surface area contributed by atoms with Crippen molar-refractivity contribution in [2.45, 2.75) is 39.5 Å². The van der Waals surface area contributed by atoms with Crippen LogP contribution in [0.2, 0.25) is 5.02 Å². The van der Waals surface area contributed by atoms with Crippen LogP contribution in [0.15, 0.2) is 46.6 Å². The van der Waals surface area contributed by atoms with Crippen LogP contribution in [0.25, 0.3) is 15.9 Å². The number of hydrogen-bond acceptors (Lipinski definition) is 4. The summed E-state index contributed by atoms with van der Waals surface area (Å²) >= 11 is 7.68. The topological polar surface area (TPSA) is 52.2 Å². The Morgan fingerprint density at radius 2 is 1.93 bits per heavy atom. The molecular weight excluding hydrogens is 416 g/mol. The monoisotopic (exact) mass is 436 g/mol.